The van der Waals surface area contributed by atoms with Crippen LogP contribution in [0.15, 0.2) is 38.7 Å². The van der Waals surface area contributed by atoms with Crippen molar-refractivity contribution in [3.63, 3.8) is 0 Å². The summed E-state index contributed by atoms with van der Waals surface area (Å²) < 4.78 is 1.04. The van der Waals surface area contributed by atoms with Gasteiger partial charge in [0, 0.05) is 16.4 Å². The first kappa shape index (κ1) is 11.7. The summed E-state index contributed by atoms with van der Waals surface area (Å²) in [4.78, 5) is 12.8. The molecule has 0 N–H and O–H groups in total. The van der Waals surface area contributed by atoms with E-state index in [0.29, 0.717) is 0 Å². The molecule has 5 heteroatoms. The standard InChI is InChI=1S/C11H11BrN2OS/c1-7-10(11(15)14(2)13-7)16-9-5-3-8(12)4-6-9/h3-6,10H,1-2H3. The third-order valence-corrected chi connectivity index (χ3v) is 4.15. The number of halogens is 1. The molecule has 16 heavy (non-hydrogen) atoms. The molecule has 0 saturated carbocycles. The van der Waals surface area contributed by atoms with Crippen molar-refractivity contribution in [3.05, 3.63) is 28.7 Å². The van der Waals surface area contributed by atoms with E-state index in [1.54, 1.807) is 7.05 Å². The van der Waals surface area contributed by atoms with E-state index < -0.39 is 0 Å². The smallest absolute Gasteiger partial charge is 0.261 e. The summed E-state index contributed by atoms with van der Waals surface area (Å²) in [5.41, 5.74) is 0.861. The fourth-order valence-corrected chi connectivity index (χ4v) is 2.77. The van der Waals surface area contributed by atoms with Crippen LogP contribution in [-0.4, -0.2) is 28.9 Å². The molecule has 1 unspecified atom stereocenters. The van der Waals surface area contributed by atoms with Gasteiger partial charge >= 0.3 is 0 Å². The zero-order chi connectivity index (χ0) is 11.7. The fraction of sp³-hybridized carbons (Fsp3) is 0.273. The number of benzene rings is 1. The van der Waals surface area contributed by atoms with Crippen LogP contribution in [0, 0.1) is 0 Å². The molecule has 0 aromatic heterocycles. The van der Waals surface area contributed by atoms with Gasteiger partial charge in [0.15, 0.2) is 0 Å². The Kier molecular flexibility index (Phi) is 3.35. The minimum Gasteiger partial charge on any atom is -0.271 e. The second kappa shape index (κ2) is 4.59. The zero-order valence-electron chi connectivity index (χ0n) is 8.98. The number of rotatable bonds is 2. The molecule has 1 amide bonds. The number of carbonyl (C=O) groups excluding carboxylic acids is 1. The molecular weight excluding hydrogens is 288 g/mol. The number of nitrogens with zero attached hydrogens (tertiary/aromatic N) is 2. The van der Waals surface area contributed by atoms with Crippen LogP contribution < -0.4 is 0 Å². The molecule has 1 aromatic carbocycles. The molecule has 0 aliphatic carbocycles. The van der Waals surface area contributed by atoms with E-state index in [2.05, 4.69) is 21.0 Å². The first-order chi connectivity index (χ1) is 7.58. The van der Waals surface area contributed by atoms with Crippen LogP contribution in [-0.2, 0) is 4.79 Å². The Morgan fingerprint density at radius 1 is 1.38 bits per heavy atom. The van der Waals surface area contributed by atoms with Crippen molar-refractivity contribution in [1.82, 2.24) is 5.01 Å². The molecule has 1 heterocycles. The first-order valence-electron chi connectivity index (χ1n) is 4.83. The van der Waals surface area contributed by atoms with E-state index in [4.69, 9.17) is 0 Å². The predicted octanol–water partition coefficient (Wildman–Crippen LogP) is 2.76. The van der Waals surface area contributed by atoms with Gasteiger partial charge in [-0.3, -0.25) is 4.79 Å². The summed E-state index contributed by atoms with van der Waals surface area (Å²) in [5, 5.41) is 5.37. The molecule has 0 saturated heterocycles. The molecule has 0 fully saturated rings. The van der Waals surface area contributed by atoms with E-state index in [-0.39, 0.29) is 11.2 Å². The number of amides is 1. The Morgan fingerprint density at radius 2 is 2.00 bits per heavy atom. The van der Waals surface area contributed by atoms with Crippen LogP contribution in [0.4, 0.5) is 0 Å². The monoisotopic (exact) mass is 298 g/mol. The van der Waals surface area contributed by atoms with Crippen molar-refractivity contribution < 1.29 is 4.79 Å². The number of hydrogen-bond donors (Lipinski definition) is 0. The Labute approximate surface area is 107 Å². The van der Waals surface area contributed by atoms with E-state index in [9.17, 15) is 4.79 Å². The van der Waals surface area contributed by atoms with Gasteiger partial charge < -0.3 is 0 Å². The average Bonchev–Trinajstić information content (AvgIpc) is 2.48. The molecule has 0 spiro atoms. The lowest BCUT2D eigenvalue weighted by atomic mass is 10.3. The summed E-state index contributed by atoms with van der Waals surface area (Å²) in [6, 6.07) is 7.93. The summed E-state index contributed by atoms with van der Waals surface area (Å²) in [5.74, 6) is 0.0467. The van der Waals surface area contributed by atoms with Gasteiger partial charge in [-0.2, -0.15) is 5.10 Å². The van der Waals surface area contributed by atoms with Crippen molar-refractivity contribution in [2.45, 2.75) is 17.1 Å². The second-order valence-electron chi connectivity index (χ2n) is 3.56. The molecule has 0 radical (unpaired) electrons. The van der Waals surface area contributed by atoms with Crippen molar-refractivity contribution in [3.8, 4) is 0 Å². The van der Waals surface area contributed by atoms with Crippen molar-refractivity contribution >= 4 is 39.3 Å². The minimum atomic E-state index is -0.175. The topological polar surface area (TPSA) is 32.7 Å². The fourth-order valence-electron chi connectivity index (χ4n) is 1.47. The van der Waals surface area contributed by atoms with Crippen LogP contribution in [0.2, 0.25) is 0 Å². The van der Waals surface area contributed by atoms with Gasteiger partial charge in [0.25, 0.3) is 5.91 Å². The third-order valence-electron chi connectivity index (χ3n) is 2.30. The molecule has 1 atom stereocenters. The predicted molar refractivity (Wildman–Crippen MR) is 69.7 cm³/mol. The lowest BCUT2D eigenvalue weighted by Gasteiger charge is -2.09. The Balaban J connectivity index is 2.14. The van der Waals surface area contributed by atoms with Gasteiger partial charge in [-0.1, -0.05) is 15.9 Å². The number of thioether (sulfide) groups is 1. The second-order valence-corrected chi connectivity index (χ2v) is 5.65. The Morgan fingerprint density at radius 3 is 2.50 bits per heavy atom. The third kappa shape index (κ3) is 2.30. The van der Waals surface area contributed by atoms with E-state index in [1.165, 1.54) is 16.8 Å². The van der Waals surface area contributed by atoms with Crippen molar-refractivity contribution in [2.24, 2.45) is 5.10 Å². The van der Waals surface area contributed by atoms with E-state index >= 15 is 0 Å². The number of hydrazone groups is 1. The normalized spacial score (nSPS) is 20.2. The number of carbonyl (C=O) groups is 1. The Bertz CT molecular complexity index is 444. The maximum atomic E-state index is 11.8. The van der Waals surface area contributed by atoms with Crippen molar-refractivity contribution in [2.75, 3.05) is 7.05 Å². The van der Waals surface area contributed by atoms with Gasteiger partial charge in [-0.05, 0) is 31.2 Å². The van der Waals surface area contributed by atoms with Crippen LogP contribution in [0.5, 0.6) is 0 Å². The molecule has 84 valence electrons. The van der Waals surface area contributed by atoms with Crippen LogP contribution >= 0.6 is 27.7 Å². The van der Waals surface area contributed by atoms with Crippen LogP contribution in [0.25, 0.3) is 0 Å². The average molecular weight is 299 g/mol. The highest BCUT2D eigenvalue weighted by molar-refractivity contribution is 9.10. The van der Waals surface area contributed by atoms with Crippen LogP contribution in [0.3, 0.4) is 0 Å². The van der Waals surface area contributed by atoms with Gasteiger partial charge in [-0.15, -0.1) is 11.8 Å². The summed E-state index contributed by atoms with van der Waals surface area (Å²) in [6.45, 7) is 1.89. The Hall–Kier alpha value is -0.810. The lowest BCUT2D eigenvalue weighted by molar-refractivity contribution is -0.126. The van der Waals surface area contributed by atoms with Gasteiger partial charge in [0.05, 0.1) is 5.71 Å². The quantitative estimate of drug-likeness (QED) is 0.841. The van der Waals surface area contributed by atoms with Gasteiger partial charge in [0.1, 0.15) is 5.25 Å². The van der Waals surface area contributed by atoms with Gasteiger partial charge in [0.2, 0.25) is 0 Å². The van der Waals surface area contributed by atoms with E-state index in [0.717, 1.165) is 15.1 Å². The summed E-state index contributed by atoms with van der Waals surface area (Å²) in [7, 11) is 1.69. The highest BCUT2D eigenvalue weighted by atomic mass is 79.9. The van der Waals surface area contributed by atoms with Crippen molar-refractivity contribution in [1.29, 1.82) is 0 Å². The molecule has 2 rings (SSSR count). The minimum absolute atomic E-state index is 0.0467. The summed E-state index contributed by atoms with van der Waals surface area (Å²) >= 11 is 4.92. The number of hydrogen-bond acceptors (Lipinski definition) is 3. The molecule has 1 aromatic rings. The highest BCUT2D eigenvalue weighted by Crippen LogP contribution is 2.29. The molecular formula is C11H11BrN2OS. The maximum Gasteiger partial charge on any atom is 0.261 e. The molecule has 1 aliphatic rings. The van der Waals surface area contributed by atoms with Crippen LogP contribution in [0.1, 0.15) is 6.92 Å². The SMILES string of the molecule is CC1=NN(C)C(=O)C1Sc1ccc(Br)cc1. The maximum absolute atomic E-state index is 11.8. The van der Waals surface area contributed by atoms with E-state index in [1.807, 2.05) is 31.2 Å². The van der Waals surface area contributed by atoms with Gasteiger partial charge in [-0.25, -0.2) is 5.01 Å². The largest absolute Gasteiger partial charge is 0.271 e. The highest BCUT2D eigenvalue weighted by Gasteiger charge is 2.31. The summed E-state index contributed by atoms with van der Waals surface area (Å²) in [6.07, 6.45) is 0. The lowest BCUT2D eigenvalue weighted by Crippen LogP contribution is -2.26. The molecule has 3 nitrogen and oxygen atoms in total. The molecule has 0 bridgehead atoms. The zero-order valence-corrected chi connectivity index (χ0v) is 11.4. The molecule has 1 aliphatic heterocycles. The first-order valence-corrected chi connectivity index (χ1v) is 6.50.